The van der Waals surface area contributed by atoms with Gasteiger partial charge in [-0.3, -0.25) is 0 Å². The van der Waals surface area contributed by atoms with Crippen molar-refractivity contribution in [2.75, 3.05) is 36.0 Å². The highest BCUT2D eigenvalue weighted by Gasteiger charge is 2.20. The molecule has 1 saturated heterocycles. The minimum Gasteiger partial charge on any atom is -0.368 e. The number of piperazine rings is 1. The maximum Gasteiger partial charge on any atom is 0.154 e. The second kappa shape index (κ2) is 5.57. The number of hydrogen-bond acceptors (Lipinski definition) is 4. The third kappa shape index (κ3) is 2.63. The Balaban J connectivity index is 1.55. The molecule has 3 heterocycles. The lowest BCUT2D eigenvalue weighted by atomic mass is 10.2. The Hall–Kier alpha value is -2.56. The van der Waals surface area contributed by atoms with Crippen LogP contribution in [0.1, 0.15) is 11.3 Å². The summed E-state index contributed by atoms with van der Waals surface area (Å²) in [4.78, 5) is 9.42. The smallest absolute Gasteiger partial charge is 0.154 e. The number of nitrogens with zero attached hydrogens (tertiary/aromatic N) is 5. The van der Waals surface area contributed by atoms with Crippen LogP contribution in [-0.2, 0) is 0 Å². The van der Waals surface area contributed by atoms with E-state index in [0.29, 0.717) is 0 Å². The number of rotatable bonds is 2. The maximum atomic E-state index is 4.60. The van der Waals surface area contributed by atoms with Crippen LogP contribution in [0.4, 0.5) is 11.5 Å². The molecule has 0 spiro atoms. The Morgan fingerprint density at radius 2 is 1.74 bits per heavy atom. The molecular weight excluding hydrogens is 286 g/mol. The molecule has 118 valence electrons. The number of aryl methyl sites for hydroxylation is 2. The summed E-state index contributed by atoms with van der Waals surface area (Å²) >= 11 is 0. The summed E-state index contributed by atoms with van der Waals surface area (Å²) in [6.07, 6.45) is 3.75. The molecule has 0 bridgehead atoms. The van der Waals surface area contributed by atoms with Crippen LogP contribution in [0.5, 0.6) is 0 Å². The van der Waals surface area contributed by atoms with Crippen molar-refractivity contribution in [2.24, 2.45) is 0 Å². The standard InChI is InChI=1S/C18H21N5/c1-14-4-3-5-16(12-14)21-8-10-22(11-9-21)18-17-13-15(2)20-23(17)7-6-19-18/h3-7,12-13H,8-11H2,1-2H3. The predicted octanol–water partition coefficient (Wildman–Crippen LogP) is 2.67. The van der Waals surface area contributed by atoms with Crippen LogP contribution in [0.15, 0.2) is 42.7 Å². The fourth-order valence-electron chi connectivity index (χ4n) is 3.28. The molecule has 0 aliphatic carbocycles. The lowest BCUT2D eigenvalue weighted by Crippen LogP contribution is -2.47. The molecule has 0 N–H and O–H groups in total. The van der Waals surface area contributed by atoms with Gasteiger partial charge in [0.05, 0.1) is 5.69 Å². The first-order valence-corrected chi connectivity index (χ1v) is 8.08. The third-order valence-corrected chi connectivity index (χ3v) is 4.44. The Labute approximate surface area is 136 Å². The van der Waals surface area contributed by atoms with Gasteiger partial charge >= 0.3 is 0 Å². The Morgan fingerprint density at radius 1 is 0.957 bits per heavy atom. The summed E-state index contributed by atoms with van der Waals surface area (Å²) < 4.78 is 1.92. The Morgan fingerprint density at radius 3 is 2.52 bits per heavy atom. The molecule has 0 saturated carbocycles. The SMILES string of the molecule is Cc1cccc(N2CCN(c3nccn4nc(C)cc34)CC2)c1. The zero-order chi connectivity index (χ0) is 15.8. The van der Waals surface area contributed by atoms with E-state index in [0.717, 1.165) is 43.2 Å². The predicted molar refractivity (Wildman–Crippen MR) is 93.3 cm³/mol. The van der Waals surface area contributed by atoms with Crippen molar-refractivity contribution in [1.82, 2.24) is 14.6 Å². The van der Waals surface area contributed by atoms with E-state index in [4.69, 9.17) is 0 Å². The number of benzene rings is 1. The monoisotopic (exact) mass is 307 g/mol. The van der Waals surface area contributed by atoms with E-state index in [-0.39, 0.29) is 0 Å². The van der Waals surface area contributed by atoms with Crippen LogP contribution >= 0.6 is 0 Å². The summed E-state index contributed by atoms with van der Waals surface area (Å²) in [5.74, 6) is 1.04. The Kier molecular flexibility index (Phi) is 3.41. The summed E-state index contributed by atoms with van der Waals surface area (Å²) in [6.45, 7) is 8.15. The highest BCUT2D eigenvalue weighted by atomic mass is 15.3. The van der Waals surface area contributed by atoms with Gasteiger partial charge in [-0.05, 0) is 37.6 Å². The van der Waals surface area contributed by atoms with Gasteiger partial charge in [0.1, 0.15) is 5.52 Å². The summed E-state index contributed by atoms with van der Waals surface area (Å²) in [7, 11) is 0. The molecule has 1 aromatic carbocycles. The van der Waals surface area contributed by atoms with E-state index in [9.17, 15) is 0 Å². The number of fused-ring (bicyclic) bond motifs is 1. The van der Waals surface area contributed by atoms with E-state index in [1.807, 2.05) is 23.8 Å². The molecule has 5 heteroatoms. The van der Waals surface area contributed by atoms with Crippen molar-refractivity contribution in [3.05, 3.63) is 54.0 Å². The van der Waals surface area contributed by atoms with Gasteiger partial charge in [-0.25, -0.2) is 9.50 Å². The highest BCUT2D eigenvalue weighted by molar-refractivity contribution is 5.69. The van der Waals surface area contributed by atoms with Crippen LogP contribution in [0, 0.1) is 13.8 Å². The lowest BCUT2D eigenvalue weighted by molar-refractivity contribution is 0.647. The van der Waals surface area contributed by atoms with Gasteiger partial charge in [-0.1, -0.05) is 12.1 Å². The second-order valence-corrected chi connectivity index (χ2v) is 6.18. The van der Waals surface area contributed by atoms with Crippen molar-refractivity contribution in [3.63, 3.8) is 0 Å². The zero-order valence-electron chi connectivity index (χ0n) is 13.6. The molecule has 3 aromatic rings. The van der Waals surface area contributed by atoms with E-state index >= 15 is 0 Å². The minimum atomic E-state index is 0.977. The third-order valence-electron chi connectivity index (χ3n) is 4.44. The van der Waals surface area contributed by atoms with E-state index in [1.54, 1.807) is 0 Å². The van der Waals surface area contributed by atoms with Crippen molar-refractivity contribution in [3.8, 4) is 0 Å². The van der Waals surface area contributed by atoms with Crippen molar-refractivity contribution < 1.29 is 0 Å². The topological polar surface area (TPSA) is 36.7 Å². The largest absolute Gasteiger partial charge is 0.368 e. The second-order valence-electron chi connectivity index (χ2n) is 6.18. The number of aromatic nitrogens is 3. The van der Waals surface area contributed by atoms with Gasteiger partial charge in [0.2, 0.25) is 0 Å². The fraction of sp³-hybridized carbons (Fsp3) is 0.333. The average Bonchev–Trinajstić information content (AvgIpc) is 2.95. The first-order chi connectivity index (χ1) is 11.2. The van der Waals surface area contributed by atoms with Gasteiger partial charge < -0.3 is 9.80 Å². The summed E-state index contributed by atoms with van der Waals surface area (Å²) in [5, 5.41) is 4.48. The molecule has 4 rings (SSSR count). The van der Waals surface area contributed by atoms with Gasteiger partial charge in [0.15, 0.2) is 5.82 Å². The maximum absolute atomic E-state index is 4.60. The molecule has 0 radical (unpaired) electrons. The van der Waals surface area contributed by atoms with Crippen molar-refractivity contribution in [2.45, 2.75) is 13.8 Å². The van der Waals surface area contributed by atoms with E-state index < -0.39 is 0 Å². The molecule has 1 aliphatic heterocycles. The fourth-order valence-corrected chi connectivity index (χ4v) is 3.28. The first-order valence-electron chi connectivity index (χ1n) is 8.08. The van der Waals surface area contributed by atoms with Gasteiger partial charge in [0, 0.05) is 44.3 Å². The molecule has 1 fully saturated rings. The number of hydrogen-bond donors (Lipinski definition) is 0. The number of anilines is 2. The van der Waals surface area contributed by atoms with Crippen LogP contribution < -0.4 is 9.80 Å². The van der Waals surface area contributed by atoms with Crippen LogP contribution in [0.25, 0.3) is 5.52 Å². The van der Waals surface area contributed by atoms with Gasteiger partial charge in [0.25, 0.3) is 0 Å². The summed E-state index contributed by atoms with van der Waals surface area (Å²) in [6, 6.07) is 10.8. The van der Waals surface area contributed by atoms with E-state index in [2.05, 4.69) is 57.1 Å². The normalized spacial score (nSPS) is 15.4. The molecule has 2 aromatic heterocycles. The lowest BCUT2D eigenvalue weighted by Gasteiger charge is -2.37. The van der Waals surface area contributed by atoms with Crippen LogP contribution in [-0.4, -0.2) is 40.8 Å². The van der Waals surface area contributed by atoms with Gasteiger partial charge in [-0.15, -0.1) is 0 Å². The zero-order valence-corrected chi connectivity index (χ0v) is 13.6. The molecule has 0 amide bonds. The Bertz CT molecular complexity index is 830. The quantitative estimate of drug-likeness (QED) is 0.729. The average molecular weight is 307 g/mol. The molecule has 5 nitrogen and oxygen atoms in total. The van der Waals surface area contributed by atoms with Crippen LogP contribution in [0.3, 0.4) is 0 Å². The molecular formula is C18H21N5. The minimum absolute atomic E-state index is 0.977. The van der Waals surface area contributed by atoms with E-state index in [1.165, 1.54) is 11.3 Å². The highest BCUT2D eigenvalue weighted by Crippen LogP contribution is 2.23. The van der Waals surface area contributed by atoms with Crippen LogP contribution in [0.2, 0.25) is 0 Å². The molecule has 0 unspecified atom stereocenters. The first kappa shape index (κ1) is 14.1. The molecule has 1 aliphatic rings. The van der Waals surface area contributed by atoms with Gasteiger partial charge in [-0.2, -0.15) is 5.10 Å². The molecule has 23 heavy (non-hydrogen) atoms. The molecule has 0 atom stereocenters. The van der Waals surface area contributed by atoms with Crippen molar-refractivity contribution in [1.29, 1.82) is 0 Å². The summed E-state index contributed by atoms with van der Waals surface area (Å²) in [5.41, 5.74) is 4.74. The van der Waals surface area contributed by atoms with Crippen molar-refractivity contribution >= 4 is 17.0 Å².